The summed E-state index contributed by atoms with van der Waals surface area (Å²) in [5, 5.41) is 0.584. The van der Waals surface area contributed by atoms with Crippen LogP contribution in [0.25, 0.3) is 10.2 Å². The molecular formula is C13H9ClN2S2. The van der Waals surface area contributed by atoms with E-state index in [9.17, 15) is 0 Å². The highest BCUT2D eigenvalue weighted by Gasteiger charge is 2.08. The Morgan fingerprint density at radius 1 is 1.11 bits per heavy atom. The van der Waals surface area contributed by atoms with Crippen LogP contribution in [0.4, 0.5) is 5.69 Å². The van der Waals surface area contributed by atoms with E-state index < -0.39 is 0 Å². The molecule has 0 radical (unpaired) electrons. The lowest BCUT2D eigenvalue weighted by Crippen LogP contribution is -1.88. The maximum atomic E-state index is 6.00. The molecule has 90 valence electrons. The highest BCUT2D eigenvalue weighted by molar-refractivity contribution is 8.01. The second-order valence-corrected chi connectivity index (χ2v) is 6.43. The molecule has 0 saturated heterocycles. The fourth-order valence-electron chi connectivity index (χ4n) is 1.60. The summed E-state index contributed by atoms with van der Waals surface area (Å²) < 4.78 is 2.16. The van der Waals surface area contributed by atoms with E-state index in [2.05, 4.69) is 11.1 Å². The number of nitrogens with zero attached hydrogens (tertiary/aromatic N) is 1. The van der Waals surface area contributed by atoms with Crippen molar-refractivity contribution in [3.05, 3.63) is 47.5 Å². The number of aromatic nitrogens is 1. The molecule has 3 aromatic rings. The first-order valence-electron chi connectivity index (χ1n) is 5.31. The van der Waals surface area contributed by atoms with Crippen LogP contribution in [-0.4, -0.2) is 4.98 Å². The van der Waals surface area contributed by atoms with Crippen LogP contribution >= 0.6 is 34.7 Å². The Bertz CT molecular complexity index is 676. The second-order valence-electron chi connectivity index (χ2n) is 3.70. The van der Waals surface area contributed by atoms with Crippen molar-refractivity contribution in [1.29, 1.82) is 0 Å². The third-order valence-electron chi connectivity index (χ3n) is 2.48. The quantitative estimate of drug-likeness (QED) is 0.697. The van der Waals surface area contributed by atoms with Crippen molar-refractivity contribution >= 4 is 50.6 Å². The first kappa shape index (κ1) is 11.8. The van der Waals surface area contributed by atoms with Gasteiger partial charge in [-0.15, -0.1) is 11.3 Å². The molecule has 0 spiro atoms. The lowest BCUT2D eigenvalue weighted by atomic mass is 10.3. The topological polar surface area (TPSA) is 38.9 Å². The number of hydrogen-bond acceptors (Lipinski definition) is 4. The minimum Gasteiger partial charge on any atom is -0.397 e. The van der Waals surface area contributed by atoms with E-state index in [4.69, 9.17) is 17.3 Å². The first-order chi connectivity index (χ1) is 8.74. The van der Waals surface area contributed by atoms with Gasteiger partial charge in [0.05, 0.1) is 20.9 Å². The maximum absolute atomic E-state index is 6.00. The van der Waals surface area contributed by atoms with Crippen LogP contribution in [0.5, 0.6) is 0 Å². The third-order valence-corrected chi connectivity index (χ3v) is 4.99. The van der Waals surface area contributed by atoms with Crippen LogP contribution < -0.4 is 5.73 Å². The molecule has 2 aromatic carbocycles. The average Bonchev–Trinajstić information content (AvgIpc) is 2.77. The van der Waals surface area contributed by atoms with Gasteiger partial charge in [-0.25, -0.2) is 4.98 Å². The van der Waals surface area contributed by atoms with Gasteiger partial charge < -0.3 is 5.73 Å². The van der Waals surface area contributed by atoms with Gasteiger partial charge in [0.2, 0.25) is 0 Å². The van der Waals surface area contributed by atoms with Crippen LogP contribution in [0.2, 0.25) is 5.02 Å². The predicted molar refractivity (Wildman–Crippen MR) is 79.6 cm³/mol. The van der Waals surface area contributed by atoms with Gasteiger partial charge in [0.1, 0.15) is 0 Å². The summed E-state index contributed by atoms with van der Waals surface area (Å²) in [7, 11) is 0. The van der Waals surface area contributed by atoms with Crippen LogP contribution in [0.15, 0.2) is 51.7 Å². The van der Waals surface area contributed by atoms with Crippen molar-refractivity contribution in [2.24, 2.45) is 0 Å². The molecular weight excluding hydrogens is 284 g/mol. The Hall–Kier alpha value is -1.23. The fraction of sp³-hybridized carbons (Fsp3) is 0. The van der Waals surface area contributed by atoms with E-state index in [1.807, 2.05) is 30.3 Å². The molecule has 0 aliphatic rings. The molecule has 0 aliphatic heterocycles. The van der Waals surface area contributed by atoms with Gasteiger partial charge in [-0.2, -0.15) is 0 Å². The molecule has 2 N–H and O–H groups in total. The summed E-state index contributed by atoms with van der Waals surface area (Å²) in [6.45, 7) is 0. The summed E-state index contributed by atoms with van der Waals surface area (Å²) in [5.41, 5.74) is 7.58. The summed E-state index contributed by atoms with van der Waals surface area (Å²) in [6.07, 6.45) is 0. The lowest BCUT2D eigenvalue weighted by Gasteiger charge is -2.03. The molecule has 1 aromatic heterocycles. The number of halogens is 1. The molecule has 5 heteroatoms. The highest BCUT2D eigenvalue weighted by Crippen LogP contribution is 2.38. The second kappa shape index (κ2) is 4.80. The highest BCUT2D eigenvalue weighted by atomic mass is 35.5. The Balaban J connectivity index is 1.99. The van der Waals surface area contributed by atoms with Gasteiger partial charge in [-0.05, 0) is 24.3 Å². The fourth-order valence-corrected chi connectivity index (χ4v) is 3.93. The molecule has 1 heterocycles. The molecule has 2 nitrogen and oxygen atoms in total. The SMILES string of the molecule is Nc1c(Cl)cccc1Sc1nc2ccccc2s1. The molecule has 0 unspecified atom stereocenters. The standard InChI is InChI=1S/C13H9ClN2S2/c14-8-4-3-7-11(12(8)15)18-13-16-9-5-1-2-6-10(9)17-13/h1-7H,15H2. The van der Waals surface area contributed by atoms with Crippen LogP contribution in [-0.2, 0) is 0 Å². The minimum absolute atomic E-state index is 0.584. The van der Waals surface area contributed by atoms with Crippen molar-refractivity contribution in [3.63, 3.8) is 0 Å². The molecule has 0 bridgehead atoms. The zero-order valence-corrected chi connectivity index (χ0v) is 11.6. The van der Waals surface area contributed by atoms with Crippen LogP contribution in [0.3, 0.4) is 0 Å². The smallest absolute Gasteiger partial charge is 0.155 e. The number of rotatable bonds is 2. The van der Waals surface area contributed by atoms with Crippen molar-refractivity contribution in [2.75, 3.05) is 5.73 Å². The number of hydrogen-bond donors (Lipinski definition) is 1. The van der Waals surface area contributed by atoms with Crippen molar-refractivity contribution in [3.8, 4) is 0 Å². The van der Waals surface area contributed by atoms with Crippen molar-refractivity contribution in [1.82, 2.24) is 4.98 Å². The number of nitrogen functional groups attached to an aromatic ring is 1. The molecule has 18 heavy (non-hydrogen) atoms. The maximum Gasteiger partial charge on any atom is 0.155 e. The molecule has 0 saturated carbocycles. The minimum atomic E-state index is 0.584. The van der Waals surface area contributed by atoms with Gasteiger partial charge >= 0.3 is 0 Å². The van der Waals surface area contributed by atoms with Gasteiger partial charge in [0, 0.05) is 4.90 Å². The zero-order chi connectivity index (χ0) is 12.5. The third kappa shape index (κ3) is 2.19. The van der Waals surface area contributed by atoms with E-state index in [1.165, 1.54) is 4.70 Å². The van der Waals surface area contributed by atoms with Gasteiger partial charge in [-0.1, -0.05) is 41.6 Å². The van der Waals surface area contributed by atoms with E-state index in [0.29, 0.717) is 10.7 Å². The van der Waals surface area contributed by atoms with E-state index in [-0.39, 0.29) is 0 Å². The summed E-state index contributed by atoms with van der Waals surface area (Å²) in [6, 6.07) is 13.7. The Kier molecular flexibility index (Phi) is 3.16. The van der Waals surface area contributed by atoms with Crippen LogP contribution in [0.1, 0.15) is 0 Å². The summed E-state index contributed by atoms with van der Waals surface area (Å²) in [4.78, 5) is 5.51. The molecule has 0 fully saturated rings. The molecule has 0 atom stereocenters. The van der Waals surface area contributed by atoms with Crippen molar-refractivity contribution in [2.45, 2.75) is 9.24 Å². The average molecular weight is 293 g/mol. The Morgan fingerprint density at radius 3 is 2.78 bits per heavy atom. The molecule has 0 amide bonds. The van der Waals surface area contributed by atoms with Crippen molar-refractivity contribution < 1.29 is 0 Å². The van der Waals surface area contributed by atoms with Gasteiger partial charge in [0.15, 0.2) is 4.34 Å². The van der Waals surface area contributed by atoms with Crippen LogP contribution in [0, 0.1) is 0 Å². The lowest BCUT2D eigenvalue weighted by molar-refractivity contribution is 1.29. The Labute approximate surface area is 118 Å². The van der Waals surface area contributed by atoms with Gasteiger partial charge in [-0.3, -0.25) is 0 Å². The first-order valence-corrected chi connectivity index (χ1v) is 7.32. The number of para-hydroxylation sites is 2. The van der Waals surface area contributed by atoms with E-state index in [0.717, 1.165) is 14.8 Å². The number of anilines is 1. The molecule has 3 rings (SSSR count). The predicted octanol–water partition coefficient (Wildman–Crippen LogP) is 4.68. The summed E-state index contributed by atoms with van der Waals surface area (Å²) in [5.74, 6) is 0. The van der Waals surface area contributed by atoms with Gasteiger partial charge in [0.25, 0.3) is 0 Å². The number of nitrogens with two attached hydrogens (primary N) is 1. The Morgan fingerprint density at radius 2 is 1.94 bits per heavy atom. The van der Waals surface area contributed by atoms with E-state index in [1.54, 1.807) is 29.2 Å². The largest absolute Gasteiger partial charge is 0.397 e. The zero-order valence-electron chi connectivity index (χ0n) is 9.26. The normalized spacial score (nSPS) is 10.9. The molecule has 0 aliphatic carbocycles. The number of thiazole rings is 1. The summed E-state index contributed by atoms with van der Waals surface area (Å²) >= 11 is 9.22. The monoisotopic (exact) mass is 292 g/mol. The van der Waals surface area contributed by atoms with E-state index >= 15 is 0 Å². The number of fused-ring (bicyclic) bond motifs is 1. The number of benzene rings is 2.